The maximum atomic E-state index is 14.1. The highest BCUT2D eigenvalue weighted by Gasteiger charge is 2.37. The van der Waals surface area contributed by atoms with Gasteiger partial charge in [0.05, 0.1) is 17.0 Å². The molecular weight excluding hydrogens is 737 g/mol. The van der Waals surface area contributed by atoms with E-state index in [4.69, 9.17) is 9.47 Å². The number of nitrogens with zero attached hydrogens (tertiary/aromatic N) is 3. The van der Waals surface area contributed by atoms with Gasteiger partial charge in [-0.25, -0.2) is 22.9 Å². The second-order valence-electron chi connectivity index (χ2n) is 14.7. The minimum Gasteiger partial charge on any atom is -0.455 e. The van der Waals surface area contributed by atoms with Crippen molar-refractivity contribution < 1.29 is 41.9 Å². The minimum absolute atomic E-state index is 0.0280. The SMILES string of the molecule is C=C(C)[C@@H](C[C@@H](OC(C)=O)c1nc(C(=O)NS(=O)(=O)c2ccc(NC(=O)OC(C)(C)C)cc2)cs1)N(C)C(=O)[C@@H](NC(=O)[C@H]1CCCCN1C)[C@@H](C)CC. The smallest absolute Gasteiger partial charge is 0.412 e. The summed E-state index contributed by atoms with van der Waals surface area (Å²) in [7, 11) is -0.844. The predicted molar refractivity (Wildman–Crippen MR) is 205 cm³/mol. The second kappa shape index (κ2) is 18.8. The van der Waals surface area contributed by atoms with E-state index >= 15 is 0 Å². The summed E-state index contributed by atoms with van der Waals surface area (Å²) < 4.78 is 38.9. The molecule has 0 radical (unpaired) electrons. The number of hydrogen-bond acceptors (Lipinski definition) is 12. The molecule has 1 aromatic heterocycles. The fourth-order valence-corrected chi connectivity index (χ4v) is 7.72. The van der Waals surface area contributed by atoms with Crippen LogP contribution in [0.2, 0.25) is 0 Å². The Labute approximate surface area is 322 Å². The first-order chi connectivity index (χ1) is 25.1. The summed E-state index contributed by atoms with van der Waals surface area (Å²) in [4.78, 5) is 72.5. The Balaban J connectivity index is 1.77. The van der Waals surface area contributed by atoms with E-state index in [1.807, 2.05) is 30.5 Å². The van der Waals surface area contributed by atoms with Gasteiger partial charge in [-0.1, -0.05) is 38.8 Å². The summed E-state index contributed by atoms with van der Waals surface area (Å²) in [6.45, 7) is 16.8. The lowest BCUT2D eigenvalue weighted by Crippen LogP contribution is -2.57. The van der Waals surface area contributed by atoms with E-state index in [0.717, 1.165) is 30.7 Å². The Kier molecular flexibility index (Phi) is 15.3. The highest BCUT2D eigenvalue weighted by molar-refractivity contribution is 7.90. The molecule has 0 saturated carbocycles. The maximum Gasteiger partial charge on any atom is 0.412 e. The summed E-state index contributed by atoms with van der Waals surface area (Å²) in [5, 5.41) is 7.05. The van der Waals surface area contributed by atoms with Crippen LogP contribution in [0.5, 0.6) is 0 Å². The van der Waals surface area contributed by atoms with Crippen LogP contribution < -0.4 is 15.4 Å². The zero-order chi connectivity index (χ0) is 40.5. The van der Waals surface area contributed by atoms with Crippen LogP contribution in [-0.2, 0) is 33.9 Å². The number of anilines is 1. The molecule has 298 valence electrons. The number of nitrogens with one attached hydrogen (secondary N) is 3. The molecule has 1 aromatic carbocycles. The van der Waals surface area contributed by atoms with Gasteiger partial charge < -0.3 is 19.7 Å². The van der Waals surface area contributed by atoms with Gasteiger partial charge in [0.1, 0.15) is 22.3 Å². The van der Waals surface area contributed by atoms with Crippen molar-refractivity contribution in [2.24, 2.45) is 5.92 Å². The number of carbonyl (C=O) groups is 5. The van der Waals surface area contributed by atoms with Crippen molar-refractivity contribution in [1.29, 1.82) is 0 Å². The number of carbonyl (C=O) groups excluding carboxylic acids is 5. The number of hydrogen-bond donors (Lipinski definition) is 3. The quantitative estimate of drug-likeness (QED) is 0.162. The first kappa shape index (κ1) is 44.0. The number of sulfonamides is 1. The zero-order valence-electron chi connectivity index (χ0n) is 32.6. The van der Waals surface area contributed by atoms with Crippen molar-refractivity contribution in [3.8, 4) is 0 Å². The first-order valence-corrected chi connectivity index (χ1v) is 20.2. The van der Waals surface area contributed by atoms with Crippen LogP contribution >= 0.6 is 11.3 Å². The first-order valence-electron chi connectivity index (χ1n) is 17.9. The van der Waals surface area contributed by atoms with Gasteiger partial charge in [-0.3, -0.25) is 29.4 Å². The third-order valence-electron chi connectivity index (χ3n) is 9.05. The molecule has 1 aliphatic heterocycles. The highest BCUT2D eigenvalue weighted by atomic mass is 32.2. The Morgan fingerprint density at radius 1 is 1.11 bits per heavy atom. The maximum absolute atomic E-state index is 14.1. The molecule has 2 aromatic rings. The van der Waals surface area contributed by atoms with Crippen molar-refractivity contribution in [1.82, 2.24) is 24.8 Å². The molecule has 17 heteroatoms. The third-order valence-corrected chi connectivity index (χ3v) is 11.3. The molecule has 0 bridgehead atoms. The van der Waals surface area contributed by atoms with Crippen molar-refractivity contribution in [2.45, 2.75) is 115 Å². The highest BCUT2D eigenvalue weighted by Crippen LogP contribution is 2.31. The van der Waals surface area contributed by atoms with E-state index in [0.29, 0.717) is 18.4 Å². The van der Waals surface area contributed by atoms with E-state index in [9.17, 15) is 32.4 Å². The second-order valence-corrected chi connectivity index (χ2v) is 17.2. The van der Waals surface area contributed by atoms with E-state index < -0.39 is 51.8 Å². The minimum atomic E-state index is -4.35. The number of likely N-dealkylation sites (N-methyl/N-ethyl adjacent to an activating group) is 2. The fraction of sp³-hybridized carbons (Fsp3) is 0.568. The van der Waals surface area contributed by atoms with E-state index in [-0.39, 0.29) is 51.5 Å². The molecule has 0 unspecified atom stereocenters. The molecule has 0 spiro atoms. The van der Waals surface area contributed by atoms with Crippen LogP contribution in [-0.4, -0.2) is 97.4 Å². The van der Waals surface area contributed by atoms with Crippen molar-refractivity contribution in [2.75, 3.05) is 26.0 Å². The van der Waals surface area contributed by atoms with Crippen LogP contribution in [0.4, 0.5) is 10.5 Å². The number of ether oxygens (including phenoxy) is 2. The number of esters is 1. The third kappa shape index (κ3) is 12.3. The molecule has 4 amide bonds. The van der Waals surface area contributed by atoms with Gasteiger partial charge in [-0.2, -0.15) is 0 Å². The molecular formula is C37H54N6O9S2. The van der Waals surface area contributed by atoms with Gasteiger partial charge in [0, 0.05) is 31.5 Å². The number of likely N-dealkylation sites (tertiary alicyclic amines) is 1. The monoisotopic (exact) mass is 790 g/mol. The molecule has 15 nitrogen and oxygen atoms in total. The molecule has 3 rings (SSSR count). The number of benzene rings is 1. The Morgan fingerprint density at radius 2 is 1.76 bits per heavy atom. The summed E-state index contributed by atoms with van der Waals surface area (Å²) in [6, 6.07) is 3.32. The number of aromatic nitrogens is 1. The summed E-state index contributed by atoms with van der Waals surface area (Å²) in [6.07, 6.45) is 1.57. The van der Waals surface area contributed by atoms with Gasteiger partial charge in [-0.05, 0) is 84.3 Å². The van der Waals surface area contributed by atoms with Crippen LogP contribution in [0.15, 0.2) is 46.7 Å². The Morgan fingerprint density at radius 3 is 2.31 bits per heavy atom. The number of thiazole rings is 1. The molecule has 1 aliphatic rings. The number of piperidine rings is 1. The topological polar surface area (TPSA) is 193 Å². The predicted octanol–water partition coefficient (Wildman–Crippen LogP) is 5.02. The van der Waals surface area contributed by atoms with Crippen molar-refractivity contribution >= 4 is 56.8 Å². The average molecular weight is 791 g/mol. The van der Waals surface area contributed by atoms with Crippen LogP contribution in [0.3, 0.4) is 0 Å². The number of amides is 4. The van der Waals surface area contributed by atoms with Gasteiger partial charge in [0.25, 0.3) is 15.9 Å². The lowest BCUT2D eigenvalue weighted by molar-refractivity contribution is -0.148. The van der Waals surface area contributed by atoms with Crippen LogP contribution in [0, 0.1) is 5.92 Å². The molecule has 2 heterocycles. The van der Waals surface area contributed by atoms with Gasteiger partial charge in [-0.15, -0.1) is 11.3 Å². The number of rotatable bonds is 15. The van der Waals surface area contributed by atoms with Crippen molar-refractivity contribution in [3.05, 3.63) is 52.5 Å². The lowest BCUT2D eigenvalue weighted by Gasteiger charge is -2.37. The molecule has 1 saturated heterocycles. The average Bonchev–Trinajstić information content (AvgIpc) is 3.58. The van der Waals surface area contributed by atoms with Gasteiger partial charge in [0.2, 0.25) is 11.8 Å². The van der Waals surface area contributed by atoms with E-state index in [1.165, 1.54) is 41.5 Å². The van der Waals surface area contributed by atoms with E-state index in [2.05, 4.69) is 22.2 Å². The molecule has 54 heavy (non-hydrogen) atoms. The zero-order valence-corrected chi connectivity index (χ0v) is 34.2. The lowest BCUT2D eigenvalue weighted by atomic mass is 9.94. The normalized spacial score (nSPS) is 17.2. The molecule has 0 aliphatic carbocycles. The standard InChI is InChI=1S/C37H54N6O9S2/c1-11-23(4)31(40-33(46)28-14-12-13-19-42(28)9)35(47)43(10)29(22(2)3)20-30(51-24(5)44)34-39-27(21-53-34)32(45)41-54(49,50)26-17-15-25(16-18-26)38-36(48)52-37(6,7)8/h15-18,21,23,28-31H,2,11-14,19-20H2,1,3-10H3,(H,38,48)(H,40,46)(H,41,45)/t23-,28+,29+,30+,31-/m0/s1. The Bertz CT molecular complexity index is 1790. The van der Waals surface area contributed by atoms with Crippen LogP contribution in [0.1, 0.15) is 102 Å². The van der Waals surface area contributed by atoms with Gasteiger partial charge >= 0.3 is 12.1 Å². The van der Waals surface area contributed by atoms with Crippen molar-refractivity contribution in [3.63, 3.8) is 0 Å². The molecule has 3 N–H and O–H groups in total. The molecule has 5 atom stereocenters. The Hall–Kier alpha value is -4.35. The summed E-state index contributed by atoms with van der Waals surface area (Å²) in [5.74, 6) is -2.37. The van der Waals surface area contributed by atoms with E-state index in [1.54, 1.807) is 34.7 Å². The summed E-state index contributed by atoms with van der Waals surface area (Å²) in [5.41, 5.74) is -0.0991. The molecule has 1 fully saturated rings. The largest absolute Gasteiger partial charge is 0.455 e. The summed E-state index contributed by atoms with van der Waals surface area (Å²) >= 11 is 0.983. The van der Waals surface area contributed by atoms with Gasteiger partial charge in [0.15, 0.2) is 6.10 Å². The van der Waals surface area contributed by atoms with Crippen LogP contribution in [0.25, 0.3) is 0 Å². The fourth-order valence-electron chi connectivity index (χ4n) is 5.92.